The fraction of sp³-hybridized carbons (Fsp3) is 0.250. The highest BCUT2D eigenvalue weighted by Crippen LogP contribution is 2.09. The van der Waals surface area contributed by atoms with Gasteiger partial charge >= 0.3 is 0 Å². The van der Waals surface area contributed by atoms with Crippen LogP contribution in [-0.4, -0.2) is 17.4 Å². The summed E-state index contributed by atoms with van der Waals surface area (Å²) in [4.78, 5) is 16.1. The lowest BCUT2D eigenvalue weighted by Crippen LogP contribution is -2.23. The molecule has 0 radical (unpaired) electrons. The SMILES string of the molecule is Cc1nc(C)c(C(=O)NCc2ccc(C#CCN)cc2)o1. The third kappa shape index (κ3) is 3.94. The molecule has 0 aliphatic carbocycles. The minimum Gasteiger partial charge on any atom is -0.436 e. The van der Waals surface area contributed by atoms with Gasteiger partial charge in [0.05, 0.1) is 12.2 Å². The Labute approximate surface area is 123 Å². The number of benzene rings is 1. The third-order valence-electron chi connectivity index (χ3n) is 2.85. The third-order valence-corrected chi connectivity index (χ3v) is 2.85. The van der Waals surface area contributed by atoms with E-state index in [9.17, 15) is 4.79 Å². The Balaban J connectivity index is 1.96. The topological polar surface area (TPSA) is 81.2 Å². The fourth-order valence-electron chi connectivity index (χ4n) is 1.86. The standard InChI is InChI=1S/C16H17N3O2/c1-11-15(21-12(2)19-11)16(20)18-10-14-7-5-13(6-8-14)4-3-9-17/h5-8H,9-10,17H2,1-2H3,(H,18,20). The lowest BCUT2D eigenvalue weighted by molar-refractivity contribution is 0.0921. The average molecular weight is 283 g/mol. The normalized spacial score (nSPS) is 9.86. The second-order valence-corrected chi connectivity index (χ2v) is 4.53. The van der Waals surface area contributed by atoms with Gasteiger partial charge in [-0.05, 0) is 24.6 Å². The van der Waals surface area contributed by atoms with E-state index >= 15 is 0 Å². The molecule has 0 aliphatic rings. The summed E-state index contributed by atoms with van der Waals surface area (Å²) >= 11 is 0. The summed E-state index contributed by atoms with van der Waals surface area (Å²) in [5.74, 6) is 6.22. The molecule has 0 fully saturated rings. The molecule has 3 N–H and O–H groups in total. The summed E-state index contributed by atoms with van der Waals surface area (Å²) < 4.78 is 5.27. The number of oxazole rings is 1. The van der Waals surface area contributed by atoms with Crippen LogP contribution < -0.4 is 11.1 Å². The minimum atomic E-state index is -0.264. The quantitative estimate of drug-likeness (QED) is 0.837. The average Bonchev–Trinajstić information content (AvgIpc) is 2.82. The predicted molar refractivity (Wildman–Crippen MR) is 79.5 cm³/mol. The molecule has 0 aliphatic heterocycles. The zero-order valence-corrected chi connectivity index (χ0v) is 12.1. The molecule has 0 spiro atoms. The Morgan fingerprint density at radius 2 is 2.05 bits per heavy atom. The van der Waals surface area contributed by atoms with Gasteiger partial charge in [-0.2, -0.15) is 0 Å². The molecule has 2 rings (SSSR count). The predicted octanol–water partition coefficient (Wildman–Crippen LogP) is 1.53. The molecule has 0 bridgehead atoms. The zero-order valence-electron chi connectivity index (χ0n) is 12.1. The highest BCUT2D eigenvalue weighted by atomic mass is 16.4. The molecule has 2 aromatic rings. The molecule has 5 nitrogen and oxygen atoms in total. The molecule has 0 unspecified atom stereocenters. The zero-order chi connectivity index (χ0) is 15.2. The van der Waals surface area contributed by atoms with Crippen LogP contribution in [0, 0.1) is 25.7 Å². The molecule has 1 heterocycles. The molecule has 0 saturated carbocycles. The van der Waals surface area contributed by atoms with Gasteiger partial charge in [0, 0.05) is 19.0 Å². The molecule has 1 aromatic carbocycles. The largest absolute Gasteiger partial charge is 0.436 e. The summed E-state index contributed by atoms with van der Waals surface area (Å²) in [6.45, 7) is 4.22. The van der Waals surface area contributed by atoms with Gasteiger partial charge in [-0.25, -0.2) is 4.98 Å². The number of aryl methyl sites for hydroxylation is 2. The first-order valence-corrected chi connectivity index (χ1v) is 6.60. The first-order valence-electron chi connectivity index (χ1n) is 6.60. The van der Waals surface area contributed by atoms with Crippen LogP contribution in [0.1, 0.15) is 33.3 Å². The van der Waals surface area contributed by atoms with E-state index in [1.807, 2.05) is 24.3 Å². The number of hydrogen-bond donors (Lipinski definition) is 2. The van der Waals surface area contributed by atoms with E-state index in [0.717, 1.165) is 11.1 Å². The van der Waals surface area contributed by atoms with E-state index in [0.29, 0.717) is 24.7 Å². The molecule has 0 atom stereocenters. The number of nitrogens with one attached hydrogen (secondary N) is 1. The van der Waals surface area contributed by atoms with Crippen LogP contribution in [0.2, 0.25) is 0 Å². The monoisotopic (exact) mass is 283 g/mol. The second kappa shape index (κ2) is 6.73. The van der Waals surface area contributed by atoms with Gasteiger partial charge in [0.25, 0.3) is 5.91 Å². The van der Waals surface area contributed by atoms with Crippen molar-refractivity contribution in [3.05, 3.63) is 52.7 Å². The van der Waals surface area contributed by atoms with Crippen molar-refractivity contribution in [2.24, 2.45) is 5.73 Å². The van der Waals surface area contributed by atoms with Gasteiger partial charge in [0.1, 0.15) is 0 Å². The summed E-state index contributed by atoms with van der Waals surface area (Å²) in [7, 11) is 0. The van der Waals surface area contributed by atoms with Crippen molar-refractivity contribution in [1.29, 1.82) is 0 Å². The molecule has 1 aromatic heterocycles. The van der Waals surface area contributed by atoms with Crippen LogP contribution in [-0.2, 0) is 6.54 Å². The number of rotatable bonds is 3. The summed E-state index contributed by atoms with van der Waals surface area (Å²) in [6, 6.07) is 7.63. The molecular weight excluding hydrogens is 266 g/mol. The van der Waals surface area contributed by atoms with E-state index < -0.39 is 0 Å². The van der Waals surface area contributed by atoms with Crippen LogP contribution in [0.3, 0.4) is 0 Å². The summed E-state index contributed by atoms with van der Waals surface area (Å²) in [5.41, 5.74) is 7.80. The van der Waals surface area contributed by atoms with E-state index in [2.05, 4.69) is 22.1 Å². The van der Waals surface area contributed by atoms with Gasteiger partial charge in [-0.1, -0.05) is 24.0 Å². The Hall–Kier alpha value is -2.58. The number of nitrogens with zero attached hydrogens (tertiary/aromatic N) is 1. The maximum absolute atomic E-state index is 12.0. The van der Waals surface area contributed by atoms with Gasteiger partial charge in [-0.3, -0.25) is 4.79 Å². The Morgan fingerprint density at radius 1 is 1.33 bits per heavy atom. The van der Waals surface area contributed by atoms with Gasteiger partial charge < -0.3 is 15.5 Å². The lowest BCUT2D eigenvalue weighted by atomic mass is 10.1. The van der Waals surface area contributed by atoms with Gasteiger partial charge in [-0.15, -0.1) is 0 Å². The summed E-state index contributed by atoms with van der Waals surface area (Å²) in [6.07, 6.45) is 0. The minimum absolute atomic E-state index is 0.262. The van der Waals surface area contributed by atoms with Crippen molar-refractivity contribution in [2.45, 2.75) is 20.4 Å². The van der Waals surface area contributed by atoms with E-state index in [1.165, 1.54) is 0 Å². The van der Waals surface area contributed by atoms with Crippen molar-refractivity contribution >= 4 is 5.91 Å². The van der Waals surface area contributed by atoms with E-state index in [1.54, 1.807) is 13.8 Å². The molecule has 108 valence electrons. The molecule has 21 heavy (non-hydrogen) atoms. The van der Waals surface area contributed by atoms with Crippen LogP contribution in [0.25, 0.3) is 0 Å². The fourth-order valence-corrected chi connectivity index (χ4v) is 1.86. The number of amides is 1. The Morgan fingerprint density at radius 3 is 2.62 bits per heavy atom. The Kier molecular flexibility index (Phi) is 4.75. The Bertz CT molecular complexity index is 691. The van der Waals surface area contributed by atoms with Crippen molar-refractivity contribution < 1.29 is 9.21 Å². The number of aromatic nitrogens is 1. The number of carbonyl (C=O) groups excluding carboxylic acids is 1. The molecule has 1 amide bonds. The second-order valence-electron chi connectivity index (χ2n) is 4.53. The van der Waals surface area contributed by atoms with Gasteiger partial charge in [0.2, 0.25) is 5.76 Å². The van der Waals surface area contributed by atoms with Crippen LogP contribution in [0.15, 0.2) is 28.7 Å². The summed E-state index contributed by atoms with van der Waals surface area (Å²) in [5, 5.41) is 2.80. The van der Waals surface area contributed by atoms with Crippen molar-refractivity contribution in [2.75, 3.05) is 6.54 Å². The number of hydrogen-bond acceptors (Lipinski definition) is 4. The van der Waals surface area contributed by atoms with Crippen LogP contribution in [0.5, 0.6) is 0 Å². The first kappa shape index (κ1) is 14.8. The number of nitrogens with two attached hydrogens (primary N) is 1. The van der Waals surface area contributed by atoms with Crippen molar-refractivity contribution in [3.63, 3.8) is 0 Å². The first-order chi connectivity index (χ1) is 10.1. The van der Waals surface area contributed by atoms with Crippen LogP contribution >= 0.6 is 0 Å². The molecule has 0 saturated heterocycles. The van der Waals surface area contributed by atoms with Gasteiger partial charge in [0.15, 0.2) is 5.89 Å². The van der Waals surface area contributed by atoms with Crippen molar-refractivity contribution in [1.82, 2.24) is 10.3 Å². The lowest BCUT2D eigenvalue weighted by Gasteiger charge is -2.04. The van der Waals surface area contributed by atoms with E-state index in [4.69, 9.17) is 10.2 Å². The highest BCUT2D eigenvalue weighted by Gasteiger charge is 2.15. The van der Waals surface area contributed by atoms with Crippen LogP contribution in [0.4, 0.5) is 0 Å². The smallest absolute Gasteiger partial charge is 0.289 e. The number of carbonyl (C=O) groups is 1. The maximum Gasteiger partial charge on any atom is 0.289 e. The molecular formula is C16H17N3O2. The van der Waals surface area contributed by atoms with Crippen molar-refractivity contribution in [3.8, 4) is 11.8 Å². The highest BCUT2D eigenvalue weighted by molar-refractivity contribution is 5.92. The molecule has 5 heteroatoms. The maximum atomic E-state index is 12.0. The van der Waals surface area contributed by atoms with E-state index in [-0.39, 0.29) is 11.7 Å².